The zero-order valence-electron chi connectivity index (χ0n) is 9.47. The zero-order chi connectivity index (χ0) is 12.3. The fraction of sp³-hybridized carbons (Fsp3) is 0.231. The molecule has 0 bridgehead atoms. The van der Waals surface area contributed by atoms with Gasteiger partial charge in [-0.15, -0.1) is 0 Å². The molecule has 0 saturated heterocycles. The van der Waals surface area contributed by atoms with Gasteiger partial charge in [0, 0.05) is 21.9 Å². The van der Waals surface area contributed by atoms with Crippen LogP contribution in [0.5, 0.6) is 0 Å². The number of rotatable bonds is 4. The normalized spacial score (nSPS) is 10.8. The molecule has 0 saturated carbocycles. The Morgan fingerprint density at radius 2 is 1.88 bits per heavy atom. The molecular formula is C13H13Cl2NO. The predicted molar refractivity (Wildman–Crippen MR) is 70.5 cm³/mol. The highest BCUT2D eigenvalue weighted by atomic mass is 35.5. The summed E-state index contributed by atoms with van der Waals surface area (Å²) in [5.74, 6) is 0. The van der Waals surface area contributed by atoms with Crippen molar-refractivity contribution in [2.24, 2.45) is 0 Å². The second kappa shape index (κ2) is 5.58. The maximum absolute atomic E-state index is 6.05. The summed E-state index contributed by atoms with van der Waals surface area (Å²) in [7, 11) is 0. The molecule has 90 valence electrons. The number of aromatic amines is 1. The minimum atomic E-state index is 0.487. The van der Waals surface area contributed by atoms with Crippen LogP contribution in [0, 0.1) is 6.92 Å². The van der Waals surface area contributed by atoms with Gasteiger partial charge < -0.3 is 9.72 Å². The number of ether oxygens (including phenoxy) is 1. The number of aromatic nitrogens is 1. The van der Waals surface area contributed by atoms with Gasteiger partial charge in [0.1, 0.15) is 0 Å². The Morgan fingerprint density at radius 3 is 2.53 bits per heavy atom. The molecule has 1 aromatic heterocycles. The first kappa shape index (κ1) is 12.5. The summed E-state index contributed by atoms with van der Waals surface area (Å²) < 4.78 is 5.62. The molecule has 0 atom stereocenters. The van der Waals surface area contributed by atoms with Crippen LogP contribution in [0.3, 0.4) is 0 Å². The van der Waals surface area contributed by atoms with E-state index in [1.807, 2.05) is 31.3 Å². The molecular weight excluding hydrogens is 257 g/mol. The largest absolute Gasteiger partial charge is 0.372 e. The van der Waals surface area contributed by atoms with Crippen LogP contribution < -0.4 is 0 Å². The van der Waals surface area contributed by atoms with E-state index in [0.717, 1.165) is 16.8 Å². The average molecular weight is 270 g/mol. The van der Waals surface area contributed by atoms with E-state index in [2.05, 4.69) is 4.98 Å². The van der Waals surface area contributed by atoms with Gasteiger partial charge in [-0.05, 0) is 36.2 Å². The van der Waals surface area contributed by atoms with Gasteiger partial charge in [0.2, 0.25) is 0 Å². The van der Waals surface area contributed by atoms with E-state index in [4.69, 9.17) is 27.9 Å². The first-order valence-corrected chi connectivity index (χ1v) is 6.07. The molecule has 0 unspecified atom stereocenters. The first-order valence-electron chi connectivity index (χ1n) is 5.31. The summed E-state index contributed by atoms with van der Waals surface area (Å²) in [5.41, 5.74) is 3.24. The van der Waals surface area contributed by atoms with Crippen molar-refractivity contribution in [1.29, 1.82) is 0 Å². The van der Waals surface area contributed by atoms with Crippen molar-refractivity contribution in [1.82, 2.24) is 4.98 Å². The van der Waals surface area contributed by atoms with Gasteiger partial charge in [-0.1, -0.05) is 29.3 Å². The van der Waals surface area contributed by atoms with Crippen LogP contribution in [0.4, 0.5) is 0 Å². The molecule has 0 aliphatic carbocycles. The van der Waals surface area contributed by atoms with Crippen LogP contribution >= 0.6 is 23.2 Å². The fourth-order valence-corrected chi connectivity index (χ4v) is 2.01. The highest BCUT2D eigenvalue weighted by molar-refractivity contribution is 6.35. The number of hydrogen-bond donors (Lipinski definition) is 1. The number of H-pyrrole nitrogens is 1. The number of nitrogens with one attached hydrogen (secondary N) is 1. The Kier molecular flexibility index (Phi) is 4.11. The molecule has 0 aliphatic heterocycles. The number of benzene rings is 1. The summed E-state index contributed by atoms with van der Waals surface area (Å²) in [4.78, 5) is 3.11. The fourth-order valence-electron chi connectivity index (χ4n) is 1.55. The Balaban J connectivity index is 1.92. The second-order valence-electron chi connectivity index (χ2n) is 3.86. The van der Waals surface area contributed by atoms with Crippen molar-refractivity contribution < 1.29 is 4.74 Å². The minimum absolute atomic E-state index is 0.487. The molecule has 0 fully saturated rings. The Morgan fingerprint density at radius 1 is 1.12 bits per heavy atom. The van der Waals surface area contributed by atoms with Crippen LogP contribution in [0.15, 0.2) is 30.5 Å². The van der Waals surface area contributed by atoms with Crippen LogP contribution in [0.1, 0.15) is 16.8 Å². The third-order valence-electron chi connectivity index (χ3n) is 2.60. The summed E-state index contributed by atoms with van der Waals surface area (Å²) in [5, 5.41) is 1.28. The monoisotopic (exact) mass is 269 g/mol. The lowest BCUT2D eigenvalue weighted by atomic mass is 10.2. The lowest BCUT2D eigenvalue weighted by Gasteiger charge is -2.06. The van der Waals surface area contributed by atoms with Gasteiger partial charge >= 0.3 is 0 Å². The quantitative estimate of drug-likeness (QED) is 0.877. The lowest BCUT2D eigenvalue weighted by Crippen LogP contribution is -1.95. The third kappa shape index (κ3) is 3.25. The molecule has 0 amide bonds. The van der Waals surface area contributed by atoms with E-state index >= 15 is 0 Å². The van der Waals surface area contributed by atoms with Gasteiger partial charge in [-0.3, -0.25) is 0 Å². The molecule has 0 aliphatic rings. The molecule has 2 nitrogen and oxygen atoms in total. The molecule has 0 radical (unpaired) electrons. The Labute approximate surface area is 111 Å². The molecule has 17 heavy (non-hydrogen) atoms. The predicted octanol–water partition coefficient (Wildman–Crippen LogP) is 4.35. The van der Waals surface area contributed by atoms with E-state index in [9.17, 15) is 0 Å². The number of hydrogen-bond acceptors (Lipinski definition) is 1. The molecule has 2 rings (SSSR count). The van der Waals surface area contributed by atoms with Crippen molar-refractivity contribution in [2.45, 2.75) is 20.1 Å². The SMILES string of the molecule is Cc1[nH]ccc1COCc1ccc(Cl)cc1Cl. The van der Waals surface area contributed by atoms with Gasteiger partial charge in [0.15, 0.2) is 0 Å². The van der Waals surface area contributed by atoms with Crippen molar-refractivity contribution in [3.8, 4) is 0 Å². The van der Waals surface area contributed by atoms with Crippen molar-refractivity contribution >= 4 is 23.2 Å². The Hall–Kier alpha value is -0.960. The van der Waals surface area contributed by atoms with E-state index in [0.29, 0.717) is 23.3 Å². The maximum atomic E-state index is 6.05. The highest BCUT2D eigenvalue weighted by Crippen LogP contribution is 2.22. The Bertz CT molecular complexity index is 508. The van der Waals surface area contributed by atoms with Gasteiger partial charge in [-0.25, -0.2) is 0 Å². The van der Waals surface area contributed by atoms with Crippen LogP contribution in [0.2, 0.25) is 10.0 Å². The molecule has 1 heterocycles. The van der Waals surface area contributed by atoms with Crippen molar-refractivity contribution in [2.75, 3.05) is 0 Å². The maximum Gasteiger partial charge on any atom is 0.0738 e. The van der Waals surface area contributed by atoms with E-state index in [1.165, 1.54) is 0 Å². The lowest BCUT2D eigenvalue weighted by molar-refractivity contribution is 0.107. The standard InChI is InChI=1S/C13H13Cl2NO/c1-9-10(4-5-16-9)7-17-8-11-2-3-12(14)6-13(11)15/h2-6,16H,7-8H2,1H3. The molecule has 1 aromatic carbocycles. The van der Waals surface area contributed by atoms with Crippen LogP contribution in [0.25, 0.3) is 0 Å². The molecule has 0 spiro atoms. The summed E-state index contributed by atoms with van der Waals surface area (Å²) >= 11 is 11.9. The number of halogens is 2. The second-order valence-corrected chi connectivity index (χ2v) is 4.70. The average Bonchev–Trinajstić information content (AvgIpc) is 2.68. The van der Waals surface area contributed by atoms with E-state index < -0.39 is 0 Å². The van der Waals surface area contributed by atoms with Crippen molar-refractivity contribution in [3.05, 3.63) is 57.3 Å². The van der Waals surface area contributed by atoms with Gasteiger partial charge in [-0.2, -0.15) is 0 Å². The third-order valence-corrected chi connectivity index (χ3v) is 3.18. The smallest absolute Gasteiger partial charge is 0.0738 e. The van der Waals surface area contributed by atoms with E-state index in [-0.39, 0.29) is 0 Å². The summed E-state index contributed by atoms with van der Waals surface area (Å²) in [6.07, 6.45) is 1.91. The molecule has 2 aromatic rings. The number of aryl methyl sites for hydroxylation is 1. The molecule has 4 heteroatoms. The summed E-state index contributed by atoms with van der Waals surface area (Å²) in [6, 6.07) is 7.43. The van der Waals surface area contributed by atoms with Crippen molar-refractivity contribution in [3.63, 3.8) is 0 Å². The topological polar surface area (TPSA) is 25.0 Å². The van der Waals surface area contributed by atoms with Gasteiger partial charge in [0.05, 0.1) is 13.2 Å². The van der Waals surface area contributed by atoms with E-state index in [1.54, 1.807) is 6.07 Å². The van der Waals surface area contributed by atoms with Crippen LogP contribution in [-0.4, -0.2) is 4.98 Å². The molecule has 1 N–H and O–H groups in total. The summed E-state index contributed by atoms with van der Waals surface area (Å²) in [6.45, 7) is 3.09. The zero-order valence-corrected chi connectivity index (χ0v) is 11.0. The van der Waals surface area contributed by atoms with Crippen LogP contribution in [-0.2, 0) is 18.0 Å². The first-order chi connectivity index (χ1) is 8.16. The van der Waals surface area contributed by atoms with Gasteiger partial charge in [0.25, 0.3) is 0 Å². The highest BCUT2D eigenvalue weighted by Gasteiger charge is 2.03. The minimum Gasteiger partial charge on any atom is -0.372 e.